The van der Waals surface area contributed by atoms with Crippen LogP contribution in [0.15, 0.2) is 24.4 Å². The van der Waals surface area contributed by atoms with E-state index < -0.39 is 0 Å². The fraction of sp³-hybridized carbons (Fsp3) is 0.400. The van der Waals surface area contributed by atoms with Crippen LogP contribution in [-0.2, 0) is 19.3 Å². The molecule has 4 heteroatoms. The maximum absolute atomic E-state index is 4.55. The molecule has 0 aliphatic carbocycles. The van der Waals surface area contributed by atoms with Crippen LogP contribution in [-0.4, -0.2) is 22.0 Å². The maximum atomic E-state index is 4.55. The van der Waals surface area contributed by atoms with Crippen LogP contribution in [0.3, 0.4) is 0 Å². The summed E-state index contributed by atoms with van der Waals surface area (Å²) in [4.78, 5) is 13.4. The summed E-state index contributed by atoms with van der Waals surface area (Å²) in [5.41, 5.74) is 3.31. The van der Waals surface area contributed by atoms with Gasteiger partial charge in [0.05, 0.1) is 5.69 Å². The van der Waals surface area contributed by atoms with Crippen LogP contribution in [0.1, 0.15) is 36.6 Å². The number of anilines is 1. The van der Waals surface area contributed by atoms with Crippen molar-refractivity contribution in [3.05, 3.63) is 47.2 Å². The number of aromatic nitrogens is 3. The average Bonchev–Trinajstić information content (AvgIpc) is 2.47. The molecule has 0 atom stereocenters. The van der Waals surface area contributed by atoms with Crippen LogP contribution in [0.4, 0.5) is 5.82 Å². The third-order valence-electron chi connectivity index (χ3n) is 3.05. The molecule has 0 bridgehead atoms. The molecule has 0 aliphatic heterocycles. The van der Waals surface area contributed by atoms with Gasteiger partial charge in [-0.25, -0.2) is 9.97 Å². The van der Waals surface area contributed by atoms with E-state index in [1.54, 1.807) is 0 Å². The monoisotopic (exact) mass is 256 g/mol. The topological polar surface area (TPSA) is 50.7 Å². The van der Waals surface area contributed by atoms with Crippen molar-refractivity contribution in [2.75, 3.05) is 12.4 Å². The molecule has 0 aromatic carbocycles. The summed E-state index contributed by atoms with van der Waals surface area (Å²) in [5, 5.41) is 3.07. The number of nitrogens with one attached hydrogen (secondary N) is 1. The largest absolute Gasteiger partial charge is 0.373 e. The van der Waals surface area contributed by atoms with Gasteiger partial charge >= 0.3 is 0 Å². The molecule has 1 N–H and O–H groups in total. The first kappa shape index (κ1) is 13.5. The maximum Gasteiger partial charge on any atom is 0.130 e. The molecular formula is C15H20N4. The standard InChI is InChI=1S/C15H20N4/c1-4-11-6-7-12(17-10-11)8-13-9-15(16-3)19-14(5-2)18-13/h6-7,9-10H,4-5,8H2,1-3H3,(H,16,18,19). The van der Waals surface area contributed by atoms with E-state index in [0.717, 1.165) is 42.3 Å². The van der Waals surface area contributed by atoms with E-state index in [1.165, 1.54) is 5.56 Å². The highest BCUT2D eigenvalue weighted by Gasteiger charge is 2.04. The summed E-state index contributed by atoms with van der Waals surface area (Å²) in [6.07, 6.45) is 4.54. The Hall–Kier alpha value is -1.97. The number of pyridine rings is 1. The van der Waals surface area contributed by atoms with Crippen LogP contribution in [0.25, 0.3) is 0 Å². The van der Waals surface area contributed by atoms with Gasteiger partial charge in [-0.1, -0.05) is 19.9 Å². The Balaban J connectivity index is 2.21. The van der Waals surface area contributed by atoms with E-state index in [-0.39, 0.29) is 0 Å². The Labute approximate surface area is 114 Å². The zero-order chi connectivity index (χ0) is 13.7. The van der Waals surface area contributed by atoms with Crippen molar-refractivity contribution < 1.29 is 0 Å². The Bertz CT molecular complexity index is 512. The Morgan fingerprint density at radius 2 is 1.89 bits per heavy atom. The number of hydrogen-bond donors (Lipinski definition) is 1. The highest BCUT2D eigenvalue weighted by molar-refractivity contribution is 5.36. The van der Waals surface area contributed by atoms with Crippen molar-refractivity contribution in [1.82, 2.24) is 15.0 Å². The second-order valence-corrected chi connectivity index (χ2v) is 4.45. The highest BCUT2D eigenvalue weighted by Crippen LogP contribution is 2.11. The summed E-state index contributed by atoms with van der Waals surface area (Å²) in [6, 6.07) is 6.18. The summed E-state index contributed by atoms with van der Waals surface area (Å²) >= 11 is 0. The molecule has 0 amide bonds. The van der Waals surface area contributed by atoms with Crippen LogP contribution in [0.2, 0.25) is 0 Å². The predicted molar refractivity (Wildman–Crippen MR) is 77.4 cm³/mol. The van der Waals surface area contributed by atoms with E-state index >= 15 is 0 Å². The minimum atomic E-state index is 0.744. The molecule has 2 aromatic rings. The lowest BCUT2D eigenvalue weighted by molar-refractivity contribution is 0.888. The third-order valence-corrected chi connectivity index (χ3v) is 3.05. The van der Waals surface area contributed by atoms with E-state index in [4.69, 9.17) is 0 Å². The van der Waals surface area contributed by atoms with E-state index in [2.05, 4.69) is 46.2 Å². The van der Waals surface area contributed by atoms with Crippen LogP contribution in [0.5, 0.6) is 0 Å². The second-order valence-electron chi connectivity index (χ2n) is 4.45. The quantitative estimate of drug-likeness (QED) is 0.893. The smallest absolute Gasteiger partial charge is 0.130 e. The lowest BCUT2D eigenvalue weighted by atomic mass is 10.1. The molecule has 0 spiro atoms. The SMILES string of the molecule is CCc1ccc(Cc2cc(NC)nc(CC)n2)nc1. The van der Waals surface area contributed by atoms with Gasteiger partial charge in [0.2, 0.25) is 0 Å². The van der Waals surface area contributed by atoms with Crippen molar-refractivity contribution in [2.24, 2.45) is 0 Å². The molecule has 0 fully saturated rings. The van der Waals surface area contributed by atoms with Gasteiger partial charge in [-0.2, -0.15) is 0 Å². The lowest BCUT2D eigenvalue weighted by Gasteiger charge is -2.07. The molecule has 0 radical (unpaired) electrons. The molecule has 100 valence electrons. The summed E-state index contributed by atoms with van der Waals surface area (Å²) in [7, 11) is 1.87. The van der Waals surface area contributed by atoms with Gasteiger partial charge in [0, 0.05) is 37.8 Å². The van der Waals surface area contributed by atoms with Crippen molar-refractivity contribution in [1.29, 1.82) is 0 Å². The first-order chi connectivity index (χ1) is 9.25. The molecule has 2 aromatic heterocycles. The van der Waals surface area contributed by atoms with Crippen molar-refractivity contribution in [3.8, 4) is 0 Å². The van der Waals surface area contributed by atoms with Crippen molar-refractivity contribution >= 4 is 5.82 Å². The minimum absolute atomic E-state index is 0.744. The Morgan fingerprint density at radius 3 is 2.47 bits per heavy atom. The van der Waals surface area contributed by atoms with Gasteiger partial charge in [0.25, 0.3) is 0 Å². The molecule has 2 heterocycles. The minimum Gasteiger partial charge on any atom is -0.373 e. The summed E-state index contributed by atoms with van der Waals surface area (Å²) < 4.78 is 0. The molecular weight excluding hydrogens is 236 g/mol. The number of rotatable bonds is 5. The van der Waals surface area contributed by atoms with Gasteiger partial charge in [0.1, 0.15) is 11.6 Å². The predicted octanol–water partition coefficient (Wildman–Crippen LogP) is 2.63. The van der Waals surface area contributed by atoms with Crippen LogP contribution < -0.4 is 5.32 Å². The van der Waals surface area contributed by atoms with Gasteiger partial charge in [0.15, 0.2) is 0 Å². The highest BCUT2D eigenvalue weighted by atomic mass is 15.0. The van der Waals surface area contributed by atoms with Crippen LogP contribution >= 0.6 is 0 Å². The number of hydrogen-bond acceptors (Lipinski definition) is 4. The third kappa shape index (κ3) is 3.50. The molecule has 0 saturated heterocycles. The zero-order valence-electron chi connectivity index (χ0n) is 11.8. The number of aryl methyl sites for hydroxylation is 2. The average molecular weight is 256 g/mol. The zero-order valence-corrected chi connectivity index (χ0v) is 11.8. The van der Waals surface area contributed by atoms with E-state index in [0.29, 0.717) is 0 Å². The van der Waals surface area contributed by atoms with E-state index in [1.807, 2.05) is 19.3 Å². The van der Waals surface area contributed by atoms with Gasteiger partial charge < -0.3 is 5.32 Å². The molecule has 4 nitrogen and oxygen atoms in total. The second kappa shape index (κ2) is 6.27. The molecule has 0 aliphatic rings. The van der Waals surface area contributed by atoms with Crippen LogP contribution in [0, 0.1) is 0 Å². The molecule has 19 heavy (non-hydrogen) atoms. The summed E-state index contributed by atoms with van der Waals surface area (Å²) in [6.45, 7) is 4.20. The van der Waals surface area contributed by atoms with Crippen molar-refractivity contribution in [2.45, 2.75) is 33.1 Å². The lowest BCUT2D eigenvalue weighted by Crippen LogP contribution is -2.04. The molecule has 0 saturated carbocycles. The van der Waals surface area contributed by atoms with Gasteiger partial charge in [-0.3, -0.25) is 4.98 Å². The van der Waals surface area contributed by atoms with Gasteiger partial charge in [-0.15, -0.1) is 0 Å². The fourth-order valence-electron chi connectivity index (χ4n) is 1.88. The van der Waals surface area contributed by atoms with Gasteiger partial charge in [-0.05, 0) is 18.1 Å². The van der Waals surface area contributed by atoms with Crippen molar-refractivity contribution in [3.63, 3.8) is 0 Å². The summed E-state index contributed by atoms with van der Waals surface area (Å²) in [5.74, 6) is 1.74. The normalized spacial score (nSPS) is 10.5. The molecule has 2 rings (SSSR count). The first-order valence-electron chi connectivity index (χ1n) is 6.73. The number of nitrogens with zero attached hydrogens (tertiary/aromatic N) is 3. The fourth-order valence-corrected chi connectivity index (χ4v) is 1.88. The Kier molecular flexibility index (Phi) is 4.44. The Morgan fingerprint density at radius 1 is 1.05 bits per heavy atom. The first-order valence-corrected chi connectivity index (χ1v) is 6.73. The molecule has 0 unspecified atom stereocenters. The van der Waals surface area contributed by atoms with E-state index in [9.17, 15) is 0 Å².